The number of fused-ring (bicyclic) bond motifs is 1. The number of hydrogen-bond acceptors (Lipinski definition) is 11. The van der Waals surface area contributed by atoms with Crippen molar-refractivity contribution in [2.75, 3.05) is 20.8 Å². The number of methoxy groups -OCH3 is 2. The van der Waals surface area contributed by atoms with Crippen molar-refractivity contribution < 1.29 is 49.0 Å². The Morgan fingerprint density at radius 2 is 1.66 bits per heavy atom. The van der Waals surface area contributed by atoms with E-state index in [1.165, 1.54) is 20.3 Å². The number of esters is 1. The molecule has 1 atom stereocenters. The largest absolute Gasteiger partial charge is 0.507 e. The lowest BCUT2D eigenvalue weighted by Gasteiger charge is -2.22. The molecule has 1 heterocycles. The predicted molar refractivity (Wildman–Crippen MR) is 148 cm³/mol. The third-order valence-corrected chi connectivity index (χ3v) is 6.39. The fourth-order valence-corrected chi connectivity index (χ4v) is 4.40. The van der Waals surface area contributed by atoms with Crippen molar-refractivity contribution in [3.05, 3.63) is 76.0 Å². The summed E-state index contributed by atoms with van der Waals surface area (Å²) in [4.78, 5) is 25.8. The topological polar surface area (TPSA) is 176 Å². The van der Waals surface area contributed by atoms with E-state index in [2.05, 4.69) is 6.58 Å². The highest BCUT2D eigenvalue weighted by Crippen LogP contribution is 2.46. The summed E-state index contributed by atoms with van der Waals surface area (Å²) in [5.41, 5.74) is -0.222. The third-order valence-electron chi connectivity index (χ3n) is 6.39. The summed E-state index contributed by atoms with van der Waals surface area (Å²) in [5, 5.41) is 51.5. The second-order valence-electron chi connectivity index (χ2n) is 9.33. The minimum atomic E-state index is -1.04. The van der Waals surface area contributed by atoms with Gasteiger partial charge >= 0.3 is 5.97 Å². The highest BCUT2D eigenvalue weighted by Gasteiger charge is 2.30. The van der Waals surface area contributed by atoms with E-state index in [-0.39, 0.29) is 29.7 Å². The van der Waals surface area contributed by atoms with Crippen molar-refractivity contribution in [3.8, 4) is 51.6 Å². The molecule has 0 amide bonds. The molecule has 0 aliphatic rings. The van der Waals surface area contributed by atoms with Crippen LogP contribution in [0.3, 0.4) is 0 Å². The molecule has 1 aromatic heterocycles. The van der Waals surface area contributed by atoms with Gasteiger partial charge < -0.3 is 44.2 Å². The molecule has 5 N–H and O–H groups in total. The van der Waals surface area contributed by atoms with E-state index in [0.717, 1.165) is 23.8 Å². The van der Waals surface area contributed by atoms with Crippen molar-refractivity contribution in [1.82, 2.24) is 0 Å². The maximum Gasteiger partial charge on any atom is 0.306 e. The van der Waals surface area contributed by atoms with Gasteiger partial charge in [0.15, 0.2) is 28.8 Å². The molecule has 4 aromatic rings. The smallest absolute Gasteiger partial charge is 0.306 e. The lowest BCUT2D eigenvalue weighted by Crippen LogP contribution is -2.13. The molecule has 0 radical (unpaired) electrons. The van der Waals surface area contributed by atoms with Crippen molar-refractivity contribution in [3.63, 3.8) is 0 Å². The van der Waals surface area contributed by atoms with E-state index >= 15 is 0 Å². The van der Waals surface area contributed by atoms with E-state index in [1.807, 2.05) is 0 Å². The van der Waals surface area contributed by atoms with Crippen LogP contribution in [0, 0.1) is 0 Å². The van der Waals surface area contributed by atoms with Crippen LogP contribution in [0.25, 0.3) is 22.3 Å². The van der Waals surface area contributed by atoms with Gasteiger partial charge in [0.25, 0.3) is 0 Å². The Balaban J connectivity index is 2.02. The molecule has 3 aromatic carbocycles. The van der Waals surface area contributed by atoms with Gasteiger partial charge in [0, 0.05) is 23.1 Å². The number of phenols is 4. The van der Waals surface area contributed by atoms with Crippen LogP contribution in [0.15, 0.2) is 63.8 Å². The molecule has 0 bridgehead atoms. The van der Waals surface area contributed by atoms with E-state index in [4.69, 9.17) is 18.6 Å². The zero-order valence-electron chi connectivity index (χ0n) is 22.4. The first-order valence-corrected chi connectivity index (χ1v) is 12.3. The molecule has 41 heavy (non-hydrogen) atoms. The summed E-state index contributed by atoms with van der Waals surface area (Å²) < 4.78 is 22.0. The number of ether oxygens (including phenoxy) is 3. The van der Waals surface area contributed by atoms with Crippen LogP contribution in [0.5, 0.6) is 40.2 Å². The SMILES string of the molecule is C=C(C)COc1ccc(C(CC(=O)OC)c2c(O)cc(O)c3c(=O)c(O)c(-c4ccc(O)c(O)c4)oc23)cc1OC. The normalized spacial score (nSPS) is 11.7. The van der Waals surface area contributed by atoms with Crippen molar-refractivity contribution in [1.29, 1.82) is 0 Å². The van der Waals surface area contributed by atoms with Gasteiger partial charge in [0.1, 0.15) is 29.1 Å². The standard InChI is InChI=1S/C30H28O11/c1-14(2)13-40-22-8-6-15(10-23(22)38-3)17(11-24(35)39-4)25-20(33)12-21(34)26-27(36)28(37)29(41-30(25)26)16-5-7-18(31)19(32)9-16/h5-10,12,17,31-34,37H,1,11,13H2,2-4H3. The zero-order valence-corrected chi connectivity index (χ0v) is 22.4. The first-order valence-electron chi connectivity index (χ1n) is 12.3. The summed E-state index contributed by atoms with van der Waals surface area (Å²) in [7, 11) is 2.62. The van der Waals surface area contributed by atoms with Crippen LogP contribution in [-0.4, -0.2) is 52.3 Å². The molecule has 214 valence electrons. The Hall–Kier alpha value is -5.32. The average Bonchev–Trinajstić information content (AvgIpc) is 2.94. The molecule has 0 aliphatic heterocycles. The molecule has 0 saturated heterocycles. The van der Waals surface area contributed by atoms with Crippen LogP contribution in [-0.2, 0) is 9.53 Å². The molecule has 4 rings (SSSR count). The van der Waals surface area contributed by atoms with E-state index in [9.17, 15) is 35.1 Å². The molecule has 11 heteroatoms. The first kappa shape index (κ1) is 28.7. The fourth-order valence-electron chi connectivity index (χ4n) is 4.40. The van der Waals surface area contributed by atoms with Gasteiger partial charge in [-0.15, -0.1) is 0 Å². The Labute approximate surface area is 233 Å². The van der Waals surface area contributed by atoms with Crippen LogP contribution in [0.4, 0.5) is 0 Å². The third kappa shape index (κ3) is 5.55. The highest BCUT2D eigenvalue weighted by molar-refractivity contribution is 5.92. The van der Waals surface area contributed by atoms with Gasteiger partial charge in [-0.2, -0.15) is 0 Å². The van der Waals surface area contributed by atoms with Crippen molar-refractivity contribution >= 4 is 16.9 Å². The monoisotopic (exact) mass is 564 g/mol. The van der Waals surface area contributed by atoms with Gasteiger partial charge in [-0.25, -0.2) is 0 Å². The van der Waals surface area contributed by atoms with Crippen LogP contribution < -0.4 is 14.9 Å². The van der Waals surface area contributed by atoms with Gasteiger partial charge in [-0.1, -0.05) is 12.6 Å². The van der Waals surface area contributed by atoms with Gasteiger partial charge in [0.2, 0.25) is 11.2 Å². The number of rotatable bonds is 9. The Morgan fingerprint density at radius 1 is 0.927 bits per heavy atom. The van der Waals surface area contributed by atoms with Crippen molar-refractivity contribution in [2.24, 2.45) is 0 Å². The van der Waals surface area contributed by atoms with Gasteiger partial charge in [0.05, 0.1) is 20.6 Å². The summed E-state index contributed by atoms with van der Waals surface area (Å²) in [5.74, 6) is -4.47. The molecule has 11 nitrogen and oxygen atoms in total. The van der Waals surface area contributed by atoms with Crippen LogP contribution >= 0.6 is 0 Å². The predicted octanol–water partition coefficient (Wildman–Crippen LogP) is 4.65. The molecule has 0 aliphatic carbocycles. The Morgan fingerprint density at radius 3 is 2.29 bits per heavy atom. The molecule has 1 unspecified atom stereocenters. The quantitative estimate of drug-likeness (QED) is 0.109. The Bertz CT molecular complexity index is 1720. The number of phenolic OH excluding ortho intramolecular Hbond substituents is 4. The maximum absolute atomic E-state index is 13.3. The molecule has 0 saturated carbocycles. The molecular weight excluding hydrogens is 536 g/mol. The van der Waals surface area contributed by atoms with E-state index in [1.54, 1.807) is 25.1 Å². The average molecular weight is 565 g/mol. The summed E-state index contributed by atoms with van der Waals surface area (Å²) in [6, 6.07) is 9.18. The fraction of sp³-hybridized carbons (Fsp3) is 0.200. The molecule has 0 fully saturated rings. The summed E-state index contributed by atoms with van der Waals surface area (Å²) in [6.45, 7) is 5.83. The minimum absolute atomic E-state index is 0.00998. The first-order chi connectivity index (χ1) is 19.5. The zero-order chi connectivity index (χ0) is 30.0. The molecule has 0 spiro atoms. The van der Waals surface area contributed by atoms with Crippen molar-refractivity contribution in [2.45, 2.75) is 19.3 Å². The van der Waals surface area contributed by atoms with Gasteiger partial charge in [-0.3, -0.25) is 9.59 Å². The van der Waals surface area contributed by atoms with E-state index in [0.29, 0.717) is 17.1 Å². The van der Waals surface area contributed by atoms with Crippen LogP contribution in [0.2, 0.25) is 0 Å². The number of carbonyl (C=O) groups excluding carboxylic acids is 1. The van der Waals surface area contributed by atoms with E-state index < -0.39 is 57.2 Å². The van der Waals surface area contributed by atoms with Crippen LogP contribution in [0.1, 0.15) is 30.4 Å². The maximum atomic E-state index is 13.3. The minimum Gasteiger partial charge on any atom is -0.507 e. The number of hydrogen-bond donors (Lipinski definition) is 5. The molecular formula is C30H28O11. The lowest BCUT2D eigenvalue weighted by atomic mass is 9.86. The number of carbonyl (C=O) groups is 1. The number of benzene rings is 3. The second-order valence-corrected chi connectivity index (χ2v) is 9.33. The highest BCUT2D eigenvalue weighted by atomic mass is 16.5. The number of aromatic hydroxyl groups is 5. The summed E-state index contributed by atoms with van der Waals surface area (Å²) in [6.07, 6.45) is -0.334. The second kappa shape index (κ2) is 11.4. The van der Waals surface area contributed by atoms with Gasteiger partial charge in [-0.05, 0) is 48.4 Å². The summed E-state index contributed by atoms with van der Waals surface area (Å²) >= 11 is 0. The lowest BCUT2D eigenvalue weighted by molar-refractivity contribution is -0.140. The Kier molecular flexibility index (Phi) is 7.99.